The molecule has 2 aromatic heterocycles. The van der Waals surface area contributed by atoms with Crippen LogP contribution in [0.25, 0.3) is 0 Å². The molecule has 0 radical (unpaired) electrons. The van der Waals surface area contributed by atoms with Gasteiger partial charge in [-0.15, -0.1) is 0 Å². The van der Waals surface area contributed by atoms with Gasteiger partial charge < -0.3 is 9.84 Å². The van der Waals surface area contributed by atoms with Crippen molar-refractivity contribution in [1.82, 2.24) is 14.9 Å². The molecule has 0 aliphatic heterocycles. The van der Waals surface area contributed by atoms with E-state index in [0.717, 1.165) is 3.57 Å². The minimum absolute atomic E-state index is 0.260. The lowest BCUT2D eigenvalue weighted by Crippen LogP contribution is -2.15. The molecule has 6 nitrogen and oxygen atoms in total. The summed E-state index contributed by atoms with van der Waals surface area (Å²) in [6, 6.07) is 0. The summed E-state index contributed by atoms with van der Waals surface area (Å²) in [4.78, 5) is 12.0. The van der Waals surface area contributed by atoms with Crippen LogP contribution in [0.4, 0.5) is 5.69 Å². The number of anilines is 1. The van der Waals surface area contributed by atoms with E-state index in [-0.39, 0.29) is 5.91 Å². The van der Waals surface area contributed by atoms with Crippen LogP contribution in [0.15, 0.2) is 10.7 Å². The van der Waals surface area contributed by atoms with Crippen molar-refractivity contribution in [2.45, 2.75) is 13.8 Å². The second kappa shape index (κ2) is 4.47. The zero-order valence-electron chi connectivity index (χ0n) is 9.61. The fourth-order valence-corrected chi connectivity index (χ4v) is 2.20. The van der Waals surface area contributed by atoms with Gasteiger partial charge in [0.25, 0.3) is 5.91 Å². The summed E-state index contributed by atoms with van der Waals surface area (Å²) in [6.45, 7) is 3.52. The molecule has 0 aliphatic carbocycles. The van der Waals surface area contributed by atoms with Crippen molar-refractivity contribution in [1.29, 1.82) is 0 Å². The molecule has 2 heterocycles. The van der Waals surface area contributed by atoms with Gasteiger partial charge in [-0.3, -0.25) is 9.48 Å². The Morgan fingerprint density at radius 2 is 2.24 bits per heavy atom. The molecule has 0 atom stereocenters. The van der Waals surface area contributed by atoms with E-state index < -0.39 is 0 Å². The van der Waals surface area contributed by atoms with E-state index in [1.54, 1.807) is 31.8 Å². The second-order valence-corrected chi connectivity index (χ2v) is 4.81. The summed E-state index contributed by atoms with van der Waals surface area (Å²) in [6.07, 6.45) is 1.78. The van der Waals surface area contributed by atoms with Gasteiger partial charge in [0.1, 0.15) is 11.4 Å². The first-order valence-electron chi connectivity index (χ1n) is 4.92. The maximum Gasteiger partial charge on any atom is 0.277 e. The molecule has 0 bridgehead atoms. The quantitative estimate of drug-likeness (QED) is 0.843. The average molecular weight is 346 g/mol. The van der Waals surface area contributed by atoms with Crippen LogP contribution in [0.5, 0.6) is 0 Å². The molecule has 0 unspecified atom stereocenters. The highest BCUT2D eigenvalue weighted by molar-refractivity contribution is 14.1. The lowest BCUT2D eigenvalue weighted by Gasteiger charge is -2.01. The SMILES string of the molecule is Cc1noc(C)c1NC(=O)c1nn(C)cc1I. The number of halogens is 1. The van der Waals surface area contributed by atoms with Crippen molar-refractivity contribution in [3.05, 3.63) is 26.9 Å². The Kier molecular flexibility index (Phi) is 3.18. The van der Waals surface area contributed by atoms with Crippen LogP contribution in [-0.4, -0.2) is 20.8 Å². The number of carbonyl (C=O) groups excluding carboxylic acids is 1. The van der Waals surface area contributed by atoms with E-state index in [4.69, 9.17) is 4.52 Å². The summed E-state index contributed by atoms with van der Waals surface area (Å²) >= 11 is 2.07. The van der Waals surface area contributed by atoms with Crippen LogP contribution in [0, 0.1) is 17.4 Å². The summed E-state index contributed by atoms with van der Waals surface area (Å²) in [7, 11) is 1.77. The molecule has 0 spiro atoms. The molecule has 0 aromatic carbocycles. The number of carbonyl (C=O) groups is 1. The first kappa shape index (κ1) is 12.1. The molecule has 1 amide bonds. The van der Waals surface area contributed by atoms with Crippen LogP contribution in [-0.2, 0) is 7.05 Å². The van der Waals surface area contributed by atoms with E-state index in [2.05, 4.69) is 38.2 Å². The fraction of sp³-hybridized carbons (Fsp3) is 0.300. The van der Waals surface area contributed by atoms with Gasteiger partial charge in [-0.25, -0.2) is 0 Å². The Bertz CT molecular complexity index is 553. The average Bonchev–Trinajstić information content (AvgIpc) is 2.74. The molecule has 0 fully saturated rings. The molecule has 17 heavy (non-hydrogen) atoms. The van der Waals surface area contributed by atoms with Crippen LogP contribution in [0.3, 0.4) is 0 Å². The van der Waals surface area contributed by atoms with Gasteiger partial charge >= 0.3 is 0 Å². The topological polar surface area (TPSA) is 73.0 Å². The maximum absolute atomic E-state index is 12.0. The Balaban J connectivity index is 2.26. The van der Waals surface area contributed by atoms with Gasteiger partial charge in [0.05, 0.1) is 3.57 Å². The zero-order valence-corrected chi connectivity index (χ0v) is 11.8. The largest absolute Gasteiger partial charge is 0.359 e. The number of amides is 1. The monoisotopic (exact) mass is 346 g/mol. The van der Waals surface area contributed by atoms with Crippen LogP contribution < -0.4 is 5.32 Å². The highest BCUT2D eigenvalue weighted by Crippen LogP contribution is 2.20. The van der Waals surface area contributed by atoms with E-state index in [9.17, 15) is 4.79 Å². The number of hydrogen-bond donors (Lipinski definition) is 1. The van der Waals surface area contributed by atoms with Crippen molar-refractivity contribution in [3.8, 4) is 0 Å². The Hall–Kier alpha value is -1.38. The fourth-order valence-electron chi connectivity index (χ4n) is 1.45. The zero-order chi connectivity index (χ0) is 12.6. The number of nitrogens with one attached hydrogen (secondary N) is 1. The smallest absolute Gasteiger partial charge is 0.277 e. The van der Waals surface area contributed by atoms with Gasteiger partial charge in [0.15, 0.2) is 11.5 Å². The van der Waals surface area contributed by atoms with Gasteiger partial charge in [-0.05, 0) is 36.4 Å². The van der Waals surface area contributed by atoms with Crippen LogP contribution in [0.2, 0.25) is 0 Å². The van der Waals surface area contributed by atoms with Crippen molar-refractivity contribution in [2.75, 3.05) is 5.32 Å². The molecule has 7 heteroatoms. The number of nitrogens with zero attached hydrogens (tertiary/aromatic N) is 3. The number of rotatable bonds is 2. The first-order valence-corrected chi connectivity index (χ1v) is 6.00. The van der Waals surface area contributed by atoms with Crippen molar-refractivity contribution in [2.24, 2.45) is 7.05 Å². The summed E-state index contributed by atoms with van der Waals surface area (Å²) in [5.41, 5.74) is 1.66. The Morgan fingerprint density at radius 3 is 2.71 bits per heavy atom. The molecular weight excluding hydrogens is 335 g/mol. The van der Waals surface area contributed by atoms with E-state index in [1.165, 1.54) is 0 Å². The lowest BCUT2D eigenvalue weighted by molar-refractivity contribution is 0.102. The van der Waals surface area contributed by atoms with Gasteiger partial charge in [0, 0.05) is 13.2 Å². The lowest BCUT2D eigenvalue weighted by atomic mass is 10.3. The number of aromatic nitrogens is 3. The third kappa shape index (κ3) is 2.33. The molecule has 90 valence electrons. The van der Waals surface area contributed by atoms with Crippen LogP contribution in [0.1, 0.15) is 21.9 Å². The molecule has 0 saturated heterocycles. The van der Waals surface area contributed by atoms with Gasteiger partial charge in [-0.1, -0.05) is 5.16 Å². The van der Waals surface area contributed by atoms with Crippen molar-refractivity contribution < 1.29 is 9.32 Å². The summed E-state index contributed by atoms with van der Waals surface area (Å²) < 4.78 is 7.38. The predicted octanol–water partition coefficient (Wildman–Crippen LogP) is 1.88. The van der Waals surface area contributed by atoms with Crippen molar-refractivity contribution in [3.63, 3.8) is 0 Å². The molecular formula is C10H11IN4O2. The first-order chi connectivity index (χ1) is 7.99. The predicted molar refractivity (Wildman–Crippen MR) is 69.9 cm³/mol. The van der Waals surface area contributed by atoms with E-state index in [0.29, 0.717) is 22.8 Å². The van der Waals surface area contributed by atoms with Crippen LogP contribution >= 0.6 is 22.6 Å². The Labute approximate surface area is 111 Å². The van der Waals surface area contributed by atoms with Gasteiger partial charge in [0.2, 0.25) is 0 Å². The second-order valence-electron chi connectivity index (χ2n) is 3.65. The molecule has 1 N–H and O–H groups in total. The third-order valence-corrected chi connectivity index (χ3v) is 3.06. The van der Waals surface area contributed by atoms with E-state index >= 15 is 0 Å². The standard InChI is InChI=1S/C10H11IN4O2/c1-5-8(6(2)17-14-5)12-10(16)9-7(11)4-15(3)13-9/h4H,1-3H3,(H,12,16). The molecule has 2 rings (SSSR count). The molecule has 2 aromatic rings. The highest BCUT2D eigenvalue weighted by atomic mass is 127. The summed E-state index contributed by atoms with van der Waals surface area (Å²) in [5, 5.41) is 10.6. The molecule has 0 saturated carbocycles. The highest BCUT2D eigenvalue weighted by Gasteiger charge is 2.18. The minimum atomic E-state index is -0.260. The normalized spacial score (nSPS) is 10.6. The number of aryl methyl sites for hydroxylation is 3. The molecule has 0 aliphatic rings. The third-order valence-electron chi connectivity index (χ3n) is 2.27. The van der Waals surface area contributed by atoms with Crippen molar-refractivity contribution >= 4 is 34.2 Å². The maximum atomic E-state index is 12.0. The summed E-state index contributed by atoms with van der Waals surface area (Å²) in [5.74, 6) is 0.325. The minimum Gasteiger partial charge on any atom is -0.359 e. The Morgan fingerprint density at radius 1 is 1.53 bits per heavy atom. The van der Waals surface area contributed by atoms with Gasteiger partial charge in [-0.2, -0.15) is 5.10 Å². The number of hydrogen-bond acceptors (Lipinski definition) is 4. The van der Waals surface area contributed by atoms with E-state index in [1.807, 2.05) is 0 Å².